The van der Waals surface area contributed by atoms with E-state index >= 15 is 0 Å². The van der Waals surface area contributed by atoms with Gasteiger partial charge in [0.15, 0.2) is 0 Å². The van der Waals surface area contributed by atoms with E-state index in [4.69, 9.17) is 5.11 Å². The summed E-state index contributed by atoms with van der Waals surface area (Å²) in [5.41, 5.74) is 1.76. The summed E-state index contributed by atoms with van der Waals surface area (Å²) >= 11 is 0. The van der Waals surface area contributed by atoms with Crippen molar-refractivity contribution in [3.05, 3.63) is 65.0 Å². The average molecular weight is 364 g/mol. The molecule has 1 heterocycles. The summed E-state index contributed by atoms with van der Waals surface area (Å²) in [7, 11) is 0. The molecule has 1 N–H and O–H groups in total. The summed E-state index contributed by atoms with van der Waals surface area (Å²) < 4.78 is 1.57. The number of fused-ring (bicyclic) bond motifs is 1. The van der Waals surface area contributed by atoms with Crippen LogP contribution in [0.5, 0.6) is 0 Å². The van der Waals surface area contributed by atoms with Gasteiger partial charge in [0.25, 0.3) is 5.56 Å². The van der Waals surface area contributed by atoms with Gasteiger partial charge in [0.1, 0.15) is 0 Å². The van der Waals surface area contributed by atoms with Crippen molar-refractivity contribution in [3.63, 3.8) is 0 Å². The van der Waals surface area contributed by atoms with E-state index in [-0.39, 0.29) is 12.0 Å². The topological polar surface area (TPSA) is 72.2 Å². The molecule has 0 saturated carbocycles. The molecule has 27 heavy (non-hydrogen) atoms. The van der Waals surface area contributed by atoms with Crippen molar-refractivity contribution < 1.29 is 9.90 Å². The molecule has 0 amide bonds. The van der Waals surface area contributed by atoms with Crippen LogP contribution in [0.25, 0.3) is 22.0 Å². The van der Waals surface area contributed by atoms with Gasteiger partial charge in [-0.05, 0) is 18.9 Å². The van der Waals surface area contributed by atoms with Gasteiger partial charge < -0.3 is 5.11 Å². The summed E-state index contributed by atoms with van der Waals surface area (Å²) in [6, 6.07) is 17.5. The molecule has 0 spiro atoms. The van der Waals surface area contributed by atoms with Gasteiger partial charge in [-0.15, -0.1) is 0 Å². The molecule has 3 aromatic rings. The van der Waals surface area contributed by atoms with Crippen LogP contribution in [-0.4, -0.2) is 20.9 Å². The van der Waals surface area contributed by atoms with E-state index in [0.29, 0.717) is 18.4 Å². The number of aromatic nitrogens is 2. The van der Waals surface area contributed by atoms with Crippen molar-refractivity contribution in [3.8, 4) is 11.3 Å². The zero-order chi connectivity index (χ0) is 19.1. The molecule has 0 bridgehead atoms. The molecule has 0 unspecified atom stereocenters. The largest absolute Gasteiger partial charge is 0.481 e. The number of carboxylic acids is 1. The lowest BCUT2D eigenvalue weighted by molar-refractivity contribution is -0.137. The van der Waals surface area contributed by atoms with Crippen LogP contribution in [0.4, 0.5) is 0 Å². The number of hydrogen-bond donors (Lipinski definition) is 1. The number of carbonyl (C=O) groups is 1. The summed E-state index contributed by atoms with van der Waals surface area (Å²) in [6.07, 6.45) is 4.63. The Balaban J connectivity index is 1.75. The van der Waals surface area contributed by atoms with Crippen molar-refractivity contribution in [1.29, 1.82) is 0 Å². The molecule has 0 aliphatic heterocycles. The molecule has 0 atom stereocenters. The molecule has 2 aromatic carbocycles. The van der Waals surface area contributed by atoms with E-state index in [1.807, 2.05) is 54.6 Å². The highest BCUT2D eigenvalue weighted by atomic mass is 16.4. The van der Waals surface area contributed by atoms with Crippen LogP contribution in [0.3, 0.4) is 0 Å². The molecule has 5 nitrogen and oxygen atoms in total. The first kappa shape index (κ1) is 18.8. The monoisotopic (exact) mass is 364 g/mol. The van der Waals surface area contributed by atoms with Crippen LogP contribution in [0.15, 0.2) is 59.4 Å². The molecule has 0 fully saturated rings. The predicted octanol–water partition coefficient (Wildman–Crippen LogP) is 4.49. The lowest BCUT2D eigenvalue weighted by Crippen LogP contribution is -2.24. The molecule has 0 radical (unpaired) electrons. The molecule has 1 aromatic heterocycles. The Kier molecular flexibility index (Phi) is 6.36. The third-order valence-corrected chi connectivity index (χ3v) is 4.68. The molecule has 0 aliphatic carbocycles. The lowest BCUT2D eigenvalue weighted by atomic mass is 10.1. The smallest absolute Gasteiger partial charge is 0.303 e. The van der Waals surface area contributed by atoms with Crippen LogP contribution < -0.4 is 5.56 Å². The minimum atomic E-state index is -0.740. The first-order chi connectivity index (χ1) is 13.2. The van der Waals surface area contributed by atoms with Crippen molar-refractivity contribution in [2.45, 2.75) is 45.1 Å². The molecular weight excluding hydrogens is 340 g/mol. The number of hydrogen-bond acceptors (Lipinski definition) is 3. The fraction of sp³-hybridized carbons (Fsp3) is 0.318. The van der Waals surface area contributed by atoms with Gasteiger partial charge in [0.2, 0.25) is 0 Å². The van der Waals surface area contributed by atoms with Crippen LogP contribution in [0.2, 0.25) is 0 Å². The third kappa shape index (κ3) is 4.82. The molecule has 0 aliphatic rings. The number of nitrogens with zero attached hydrogens (tertiary/aromatic N) is 2. The quantitative estimate of drug-likeness (QED) is 0.568. The van der Waals surface area contributed by atoms with Gasteiger partial charge in [0, 0.05) is 23.9 Å². The molecule has 3 rings (SSSR count). The molecule has 5 heteroatoms. The predicted molar refractivity (Wildman–Crippen MR) is 107 cm³/mol. The average Bonchev–Trinajstić information content (AvgIpc) is 2.69. The number of unbranched alkanes of at least 4 members (excludes halogenated alkanes) is 4. The highest BCUT2D eigenvalue weighted by Crippen LogP contribution is 2.24. The van der Waals surface area contributed by atoms with Gasteiger partial charge in [-0.1, -0.05) is 67.8 Å². The number of rotatable bonds is 9. The van der Waals surface area contributed by atoms with Gasteiger partial charge in [0.05, 0.1) is 11.1 Å². The number of aryl methyl sites for hydroxylation is 1. The molecule has 140 valence electrons. The normalized spacial score (nSPS) is 11.0. The molecular formula is C22H24N2O3. The van der Waals surface area contributed by atoms with Crippen molar-refractivity contribution >= 4 is 16.7 Å². The second-order valence-corrected chi connectivity index (χ2v) is 6.70. The Morgan fingerprint density at radius 2 is 1.48 bits per heavy atom. The number of aliphatic carboxylic acids is 1. The van der Waals surface area contributed by atoms with Crippen LogP contribution in [0, 0.1) is 0 Å². The summed E-state index contributed by atoms with van der Waals surface area (Å²) in [4.78, 5) is 23.3. The number of benzene rings is 2. The van der Waals surface area contributed by atoms with Gasteiger partial charge in [-0.25, -0.2) is 4.68 Å². The van der Waals surface area contributed by atoms with Crippen LogP contribution in [-0.2, 0) is 11.3 Å². The van der Waals surface area contributed by atoms with E-state index in [0.717, 1.165) is 42.3 Å². The van der Waals surface area contributed by atoms with Gasteiger partial charge >= 0.3 is 5.97 Å². The Morgan fingerprint density at radius 1 is 0.852 bits per heavy atom. The van der Waals surface area contributed by atoms with E-state index in [2.05, 4.69) is 5.10 Å². The van der Waals surface area contributed by atoms with Crippen molar-refractivity contribution in [1.82, 2.24) is 9.78 Å². The van der Waals surface area contributed by atoms with Gasteiger partial charge in [-0.3, -0.25) is 9.59 Å². The van der Waals surface area contributed by atoms with Crippen LogP contribution >= 0.6 is 0 Å². The van der Waals surface area contributed by atoms with E-state index in [1.54, 1.807) is 4.68 Å². The van der Waals surface area contributed by atoms with Gasteiger partial charge in [-0.2, -0.15) is 5.10 Å². The molecule has 0 saturated heterocycles. The lowest BCUT2D eigenvalue weighted by Gasteiger charge is -2.11. The number of carboxylic acid groups (broad SMARTS) is 1. The third-order valence-electron chi connectivity index (χ3n) is 4.68. The maximum Gasteiger partial charge on any atom is 0.303 e. The Morgan fingerprint density at radius 3 is 2.22 bits per heavy atom. The summed E-state index contributed by atoms with van der Waals surface area (Å²) in [5, 5.41) is 14.9. The van der Waals surface area contributed by atoms with E-state index in [1.165, 1.54) is 0 Å². The second kappa shape index (κ2) is 9.12. The zero-order valence-corrected chi connectivity index (χ0v) is 15.3. The van der Waals surface area contributed by atoms with E-state index in [9.17, 15) is 9.59 Å². The fourth-order valence-corrected chi connectivity index (χ4v) is 3.26. The zero-order valence-electron chi connectivity index (χ0n) is 15.3. The maximum atomic E-state index is 12.8. The second-order valence-electron chi connectivity index (χ2n) is 6.70. The van der Waals surface area contributed by atoms with Crippen molar-refractivity contribution in [2.24, 2.45) is 0 Å². The first-order valence-corrected chi connectivity index (χ1v) is 9.44. The summed E-state index contributed by atoms with van der Waals surface area (Å²) in [5.74, 6) is -0.740. The highest BCUT2D eigenvalue weighted by molar-refractivity contribution is 5.93. The summed E-state index contributed by atoms with van der Waals surface area (Å²) in [6.45, 7) is 0.572. The highest BCUT2D eigenvalue weighted by Gasteiger charge is 2.11. The first-order valence-electron chi connectivity index (χ1n) is 9.44. The SMILES string of the molecule is O=C(O)CCCCCCCn1nc(-c2ccccc2)c2ccccc2c1=O. The van der Waals surface area contributed by atoms with Crippen molar-refractivity contribution in [2.75, 3.05) is 0 Å². The fourth-order valence-electron chi connectivity index (χ4n) is 3.26. The standard InChI is InChI=1S/C22H24N2O3/c25-20(26)15-7-2-1-3-10-16-24-22(27)19-14-9-8-13-18(19)21(23-24)17-11-5-4-6-12-17/h4-6,8-9,11-14H,1-3,7,10,15-16H2,(H,25,26). The minimum absolute atomic E-state index is 0.0591. The van der Waals surface area contributed by atoms with Crippen LogP contribution in [0.1, 0.15) is 38.5 Å². The Hall–Kier alpha value is -2.95. The Bertz CT molecular complexity index is 964. The Labute approximate surface area is 158 Å². The maximum absolute atomic E-state index is 12.8. The van der Waals surface area contributed by atoms with E-state index < -0.39 is 5.97 Å². The minimum Gasteiger partial charge on any atom is -0.481 e.